The van der Waals surface area contributed by atoms with Crippen LogP contribution in [0.4, 0.5) is 10.1 Å². The molecule has 0 spiro atoms. The van der Waals surface area contributed by atoms with Gasteiger partial charge in [-0.1, -0.05) is 31.4 Å². The Labute approximate surface area is 103 Å². The molecule has 2 N–H and O–H groups in total. The largest absolute Gasteiger partial charge is 0.396 e. The second-order valence-electron chi connectivity index (χ2n) is 4.86. The Morgan fingerprint density at radius 1 is 1.06 bits per heavy atom. The number of anilines is 1. The van der Waals surface area contributed by atoms with E-state index in [-0.39, 0.29) is 11.5 Å². The number of nitrogen functional groups attached to an aromatic ring is 1. The molecule has 0 atom stereocenters. The van der Waals surface area contributed by atoms with Crippen LogP contribution >= 0.6 is 0 Å². The third-order valence-electron chi connectivity index (χ3n) is 3.45. The van der Waals surface area contributed by atoms with Gasteiger partial charge in [-0.2, -0.15) is 0 Å². The molecule has 1 aromatic carbocycles. The second kappa shape index (κ2) is 6.01. The van der Waals surface area contributed by atoms with Gasteiger partial charge in [0, 0.05) is 12.1 Å². The Morgan fingerprint density at radius 2 is 1.71 bits per heavy atom. The number of nitrogens with two attached hydrogens (primary N) is 1. The molecule has 0 aliphatic carbocycles. The van der Waals surface area contributed by atoms with Gasteiger partial charge >= 0.3 is 0 Å². The molecular formula is C14H21FN2. The highest BCUT2D eigenvalue weighted by Crippen LogP contribution is 2.18. The van der Waals surface area contributed by atoms with E-state index in [1.54, 1.807) is 6.07 Å². The van der Waals surface area contributed by atoms with Crippen molar-refractivity contribution in [2.75, 3.05) is 18.8 Å². The SMILES string of the molecule is Nc1cccc(CN2CCCCCCC2)c1F. The lowest BCUT2D eigenvalue weighted by atomic mass is 10.1. The maximum Gasteiger partial charge on any atom is 0.150 e. The van der Waals surface area contributed by atoms with E-state index >= 15 is 0 Å². The standard InChI is InChI=1S/C14H21FN2/c15-14-12(7-6-8-13(14)16)11-17-9-4-2-1-3-5-10-17/h6-8H,1-5,9-11,16H2. The van der Waals surface area contributed by atoms with Crippen LogP contribution in [0.15, 0.2) is 18.2 Å². The van der Waals surface area contributed by atoms with Gasteiger partial charge in [0.1, 0.15) is 0 Å². The quantitative estimate of drug-likeness (QED) is 0.799. The highest BCUT2D eigenvalue weighted by Gasteiger charge is 2.12. The number of nitrogens with zero attached hydrogens (tertiary/aromatic N) is 1. The molecular weight excluding hydrogens is 215 g/mol. The van der Waals surface area contributed by atoms with E-state index in [0.29, 0.717) is 6.54 Å². The molecule has 3 heteroatoms. The average molecular weight is 236 g/mol. The van der Waals surface area contributed by atoms with Gasteiger partial charge in [-0.25, -0.2) is 4.39 Å². The van der Waals surface area contributed by atoms with Crippen molar-refractivity contribution < 1.29 is 4.39 Å². The summed E-state index contributed by atoms with van der Waals surface area (Å²) in [6, 6.07) is 5.29. The number of hydrogen-bond acceptors (Lipinski definition) is 2. The highest BCUT2D eigenvalue weighted by atomic mass is 19.1. The fourth-order valence-corrected chi connectivity index (χ4v) is 2.43. The topological polar surface area (TPSA) is 29.3 Å². The third kappa shape index (κ3) is 3.43. The first kappa shape index (κ1) is 12.4. The molecule has 0 unspecified atom stereocenters. The average Bonchev–Trinajstić information content (AvgIpc) is 2.28. The van der Waals surface area contributed by atoms with Gasteiger partial charge in [0.05, 0.1) is 5.69 Å². The minimum Gasteiger partial charge on any atom is -0.396 e. The lowest BCUT2D eigenvalue weighted by Crippen LogP contribution is -2.27. The number of benzene rings is 1. The third-order valence-corrected chi connectivity index (χ3v) is 3.45. The van der Waals surface area contributed by atoms with Gasteiger partial charge < -0.3 is 5.73 Å². The summed E-state index contributed by atoms with van der Waals surface area (Å²) in [5.74, 6) is -0.241. The van der Waals surface area contributed by atoms with Crippen molar-refractivity contribution in [3.63, 3.8) is 0 Å². The van der Waals surface area contributed by atoms with E-state index in [0.717, 1.165) is 18.7 Å². The predicted molar refractivity (Wildman–Crippen MR) is 69.2 cm³/mol. The van der Waals surface area contributed by atoms with E-state index in [4.69, 9.17) is 5.73 Å². The van der Waals surface area contributed by atoms with Crippen molar-refractivity contribution in [2.24, 2.45) is 0 Å². The Kier molecular flexibility index (Phi) is 4.37. The summed E-state index contributed by atoms with van der Waals surface area (Å²) in [6.07, 6.45) is 6.40. The van der Waals surface area contributed by atoms with E-state index < -0.39 is 0 Å². The summed E-state index contributed by atoms with van der Waals surface area (Å²) in [7, 11) is 0. The summed E-state index contributed by atoms with van der Waals surface area (Å²) in [4.78, 5) is 2.34. The van der Waals surface area contributed by atoms with Crippen LogP contribution in [0, 0.1) is 5.82 Å². The molecule has 1 aliphatic rings. The molecule has 1 saturated heterocycles. The van der Waals surface area contributed by atoms with Gasteiger partial charge in [0.15, 0.2) is 5.82 Å². The Bertz CT molecular complexity index is 357. The molecule has 2 nitrogen and oxygen atoms in total. The molecule has 0 radical (unpaired) electrons. The number of rotatable bonds is 2. The molecule has 2 rings (SSSR count). The Balaban J connectivity index is 2.00. The fourth-order valence-electron chi connectivity index (χ4n) is 2.43. The van der Waals surface area contributed by atoms with Gasteiger partial charge in [-0.3, -0.25) is 4.90 Å². The molecule has 1 aromatic rings. The lowest BCUT2D eigenvalue weighted by molar-refractivity contribution is 0.237. The van der Waals surface area contributed by atoms with Gasteiger partial charge in [-0.05, 0) is 32.0 Å². The predicted octanol–water partition coefficient (Wildman–Crippen LogP) is 3.17. The van der Waals surface area contributed by atoms with Crippen LogP contribution in [0.2, 0.25) is 0 Å². The first-order chi connectivity index (χ1) is 8.27. The van der Waals surface area contributed by atoms with Crippen LogP contribution < -0.4 is 5.73 Å². The summed E-state index contributed by atoms with van der Waals surface area (Å²) in [5, 5.41) is 0. The summed E-state index contributed by atoms with van der Waals surface area (Å²) < 4.78 is 13.8. The minimum atomic E-state index is -0.241. The maximum absolute atomic E-state index is 13.8. The Hall–Kier alpha value is -1.09. The zero-order valence-electron chi connectivity index (χ0n) is 10.3. The second-order valence-corrected chi connectivity index (χ2v) is 4.86. The van der Waals surface area contributed by atoms with Gasteiger partial charge in [-0.15, -0.1) is 0 Å². The Morgan fingerprint density at radius 3 is 2.41 bits per heavy atom. The maximum atomic E-state index is 13.8. The molecule has 1 fully saturated rings. The van der Waals surface area contributed by atoms with Crippen LogP contribution in [0.25, 0.3) is 0 Å². The van der Waals surface area contributed by atoms with Crippen molar-refractivity contribution in [1.29, 1.82) is 0 Å². The molecule has 94 valence electrons. The lowest BCUT2D eigenvalue weighted by Gasteiger charge is -2.24. The molecule has 0 saturated carbocycles. The van der Waals surface area contributed by atoms with E-state index in [2.05, 4.69) is 4.90 Å². The molecule has 1 heterocycles. The van der Waals surface area contributed by atoms with Crippen LogP contribution in [0.1, 0.15) is 37.7 Å². The van der Waals surface area contributed by atoms with Crippen LogP contribution in [0.3, 0.4) is 0 Å². The number of likely N-dealkylation sites (tertiary alicyclic amines) is 1. The molecule has 17 heavy (non-hydrogen) atoms. The van der Waals surface area contributed by atoms with Crippen molar-refractivity contribution >= 4 is 5.69 Å². The first-order valence-corrected chi connectivity index (χ1v) is 6.52. The van der Waals surface area contributed by atoms with E-state index in [1.807, 2.05) is 12.1 Å². The summed E-state index contributed by atoms with van der Waals surface area (Å²) >= 11 is 0. The van der Waals surface area contributed by atoms with Gasteiger partial charge in [0.2, 0.25) is 0 Å². The summed E-state index contributed by atoms with van der Waals surface area (Å²) in [6.45, 7) is 2.85. The normalized spacial score (nSPS) is 18.6. The van der Waals surface area contributed by atoms with Crippen molar-refractivity contribution in [2.45, 2.75) is 38.6 Å². The zero-order valence-corrected chi connectivity index (χ0v) is 10.3. The van der Waals surface area contributed by atoms with Gasteiger partial charge in [0.25, 0.3) is 0 Å². The smallest absolute Gasteiger partial charge is 0.150 e. The van der Waals surface area contributed by atoms with Crippen molar-refractivity contribution in [3.8, 4) is 0 Å². The van der Waals surface area contributed by atoms with Crippen LogP contribution in [-0.2, 0) is 6.54 Å². The molecule has 0 bridgehead atoms. The molecule has 0 aromatic heterocycles. The molecule has 1 aliphatic heterocycles. The van der Waals surface area contributed by atoms with Crippen molar-refractivity contribution in [1.82, 2.24) is 4.90 Å². The number of halogens is 1. The van der Waals surface area contributed by atoms with Crippen LogP contribution in [-0.4, -0.2) is 18.0 Å². The van der Waals surface area contributed by atoms with Crippen LogP contribution in [0.5, 0.6) is 0 Å². The monoisotopic (exact) mass is 236 g/mol. The highest BCUT2D eigenvalue weighted by molar-refractivity contribution is 5.42. The summed E-state index contributed by atoms with van der Waals surface area (Å²) in [5.41, 5.74) is 6.57. The van der Waals surface area contributed by atoms with Crippen molar-refractivity contribution in [3.05, 3.63) is 29.6 Å². The minimum absolute atomic E-state index is 0.241. The first-order valence-electron chi connectivity index (χ1n) is 6.52. The van der Waals surface area contributed by atoms with E-state index in [9.17, 15) is 4.39 Å². The number of hydrogen-bond donors (Lipinski definition) is 1. The fraction of sp³-hybridized carbons (Fsp3) is 0.571. The van der Waals surface area contributed by atoms with E-state index in [1.165, 1.54) is 32.1 Å². The molecule has 0 amide bonds. The zero-order chi connectivity index (χ0) is 12.1.